The second-order valence-corrected chi connectivity index (χ2v) is 5.25. The normalized spacial score (nSPS) is 18.3. The maximum atomic E-state index is 11.4. The molecule has 4 nitrogen and oxygen atoms in total. The van der Waals surface area contributed by atoms with Crippen molar-refractivity contribution in [1.29, 1.82) is 0 Å². The first-order valence-corrected chi connectivity index (χ1v) is 6.73. The molecule has 0 radical (unpaired) electrons. The van der Waals surface area contributed by atoms with E-state index in [-0.39, 0.29) is 11.9 Å². The fourth-order valence-corrected chi connectivity index (χ4v) is 2.43. The smallest absolute Gasteiger partial charge is 0.309 e. The molecule has 0 spiro atoms. The van der Waals surface area contributed by atoms with Gasteiger partial charge in [0.05, 0.1) is 23.9 Å². The Labute approximate surface area is 115 Å². The van der Waals surface area contributed by atoms with Crippen LogP contribution in [-0.4, -0.2) is 40.3 Å². The summed E-state index contributed by atoms with van der Waals surface area (Å²) in [6, 6.07) is 8.31. The van der Waals surface area contributed by atoms with Gasteiger partial charge in [-0.3, -0.25) is 4.79 Å². The first kappa shape index (κ1) is 13.7. The van der Waals surface area contributed by atoms with Gasteiger partial charge in [-0.05, 0) is 25.0 Å². The second kappa shape index (κ2) is 5.95. The molecule has 1 aromatic rings. The number of rotatable bonds is 5. The van der Waals surface area contributed by atoms with Crippen molar-refractivity contribution in [3.63, 3.8) is 0 Å². The lowest BCUT2D eigenvalue weighted by molar-refractivity contribution is -0.141. The van der Waals surface area contributed by atoms with Gasteiger partial charge in [0.2, 0.25) is 0 Å². The molecule has 1 fully saturated rings. The Hall–Kier alpha value is -1.71. The van der Waals surface area contributed by atoms with E-state index >= 15 is 0 Å². The number of hydrogen-bond acceptors (Lipinski definition) is 4. The van der Waals surface area contributed by atoms with Crippen LogP contribution < -0.4 is 9.80 Å². The predicted octanol–water partition coefficient (Wildman–Crippen LogP) is 2.14. The van der Waals surface area contributed by atoms with Gasteiger partial charge in [-0.2, -0.15) is 0 Å². The third-order valence-electron chi connectivity index (χ3n) is 3.63. The molecule has 1 aliphatic rings. The highest BCUT2D eigenvalue weighted by molar-refractivity contribution is 5.74. The number of para-hydroxylation sites is 2. The molecule has 104 valence electrons. The minimum atomic E-state index is -0.0331. The summed E-state index contributed by atoms with van der Waals surface area (Å²) in [7, 11) is 6.16. The highest BCUT2D eigenvalue weighted by Gasteiger charge is 2.26. The Morgan fingerprint density at radius 1 is 1.21 bits per heavy atom. The van der Waals surface area contributed by atoms with Crippen molar-refractivity contribution in [2.45, 2.75) is 12.8 Å². The van der Waals surface area contributed by atoms with Crippen LogP contribution in [0.5, 0.6) is 0 Å². The van der Waals surface area contributed by atoms with Crippen LogP contribution in [0.4, 0.5) is 11.4 Å². The van der Waals surface area contributed by atoms with Gasteiger partial charge in [0.15, 0.2) is 0 Å². The van der Waals surface area contributed by atoms with Crippen molar-refractivity contribution in [1.82, 2.24) is 0 Å². The van der Waals surface area contributed by atoms with Crippen LogP contribution in [0.25, 0.3) is 0 Å². The lowest BCUT2D eigenvalue weighted by atomic mass is 10.0. The zero-order valence-electron chi connectivity index (χ0n) is 11.9. The fourth-order valence-electron chi connectivity index (χ4n) is 2.43. The number of carbonyl (C=O) groups excluding carboxylic acids is 1. The van der Waals surface area contributed by atoms with Crippen LogP contribution in [0.1, 0.15) is 12.8 Å². The maximum Gasteiger partial charge on any atom is 0.309 e. The molecule has 2 rings (SSSR count). The van der Waals surface area contributed by atoms with Crippen molar-refractivity contribution in [3.05, 3.63) is 24.3 Å². The number of anilines is 2. The summed E-state index contributed by atoms with van der Waals surface area (Å²) in [6.45, 7) is 1.45. The van der Waals surface area contributed by atoms with Crippen molar-refractivity contribution >= 4 is 17.3 Å². The van der Waals surface area contributed by atoms with Crippen molar-refractivity contribution in [2.24, 2.45) is 5.92 Å². The summed E-state index contributed by atoms with van der Waals surface area (Å²) >= 11 is 0. The summed E-state index contributed by atoms with van der Waals surface area (Å²) in [6.07, 6.45) is 1.72. The molecule has 1 saturated heterocycles. The van der Waals surface area contributed by atoms with E-state index < -0.39 is 0 Å². The Morgan fingerprint density at radius 2 is 1.89 bits per heavy atom. The Bertz CT molecular complexity index is 446. The van der Waals surface area contributed by atoms with E-state index in [9.17, 15) is 4.79 Å². The highest BCUT2D eigenvalue weighted by Crippen LogP contribution is 2.28. The summed E-state index contributed by atoms with van der Waals surface area (Å²) in [5, 5.41) is 0. The molecular weight excluding hydrogens is 240 g/mol. The minimum absolute atomic E-state index is 0.0331. The number of hydrogen-bond donors (Lipinski definition) is 0. The molecule has 0 bridgehead atoms. The van der Waals surface area contributed by atoms with Gasteiger partial charge in [0, 0.05) is 27.7 Å². The molecule has 0 amide bonds. The molecule has 0 saturated carbocycles. The van der Waals surface area contributed by atoms with Gasteiger partial charge in [0.25, 0.3) is 0 Å². The van der Waals surface area contributed by atoms with Gasteiger partial charge in [-0.15, -0.1) is 0 Å². The quantitative estimate of drug-likeness (QED) is 0.761. The molecule has 1 aliphatic heterocycles. The summed E-state index contributed by atoms with van der Waals surface area (Å²) < 4.78 is 5.00. The molecule has 0 aliphatic carbocycles. The first-order valence-electron chi connectivity index (χ1n) is 6.73. The average molecular weight is 262 g/mol. The van der Waals surface area contributed by atoms with E-state index in [1.54, 1.807) is 0 Å². The van der Waals surface area contributed by atoms with Crippen LogP contribution in [-0.2, 0) is 9.53 Å². The molecule has 19 heavy (non-hydrogen) atoms. The molecular formula is C15H22N2O2. The Balaban J connectivity index is 1.99. The van der Waals surface area contributed by atoms with Gasteiger partial charge < -0.3 is 14.5 Å². The van der Waals surface area contributed by atoms with Crippen LogP contribution in [0.3, 0.4) is 0 Å². The fraction of sp³-hybridized carbons (Fsp3) is 0.533. The number of cyclic esters (lactones) is 1. The molecule has 1 aromatic carbocycles. The van der Waals surface area contributed by atoms with Crippen molar-refractivity contribution in [3.8, 4) is 0 Å². The summed E-state index contributed by atoms with van der Waals surface area (Å²) in [5.74, 6) is 0.0447. The van der Waals surface area contributed by atoms with Crippen LogP contribution >= 0.6 is 0 Å². The largest absolute Gasteiger partial charge is 0.465 e. The molecule has 1 heterocycles. The number of benzene rings is 1. The lowest BCUT2D eigenvalue weighted by Gasteiger charge is -2.26. The van der Waals surface area contributed by atoms with Crippen LogP contribution in [0.2, 0.25) is 0 Å². The van der Waals surface area contributed by atoms with Crippen LogP contribution in [0.15, 0.2) is 24.3 Å². The second-order valence-electron chi connectivity index (χ2n) is 5.25. The number of nitrogens with zero attached hydrogens (tertiary/aromatic N) is 2. The summed E-state index contributed by atoms with van der Waals surface area (Å²) in [5.41, 5.74) is 2.39. The average Bonchev–Trinajstić information content (AvgIpc) is 2.81. The molecule has 1 atom stereocenters. The third kappa shape index (κ3) is 3.19. The van der Waals surface area contributed by atoms with E-state index in [0.717, 1.165) is 19.4 Å². The minimum Gasteiger partial charge on any atom is -0.465 e. The monoisotopic (exact) mass is 262 g/mol. The third-order valence-corrected chi connectivity index (χ3v) is 3.63. The predicted molar refractivity (Wildman–Crippen MR) is 77.7 cm³/mol. The topological polar surface area (TPSA) is 32.8 Å². The zero-order chi connectivity index (χ0) is 13.8. The van der Waals surface area contributed by atoms with Gasteiger partial charge in [-0.1, -0.05) is 12.1 Å². The highest BCUT2D eigenvalue weighted by atomic mass is 16.5. The molecule has 0 aromatic heterocycles. The number of esters is 1. The van der Waals surface area contributed by atoms with E-state index in [1.165, 1.54) is 11.4 Å². The van der Waals surface area contributed by atoms with Gasteiger partial charge in [-0.25, -0.2) is 0 Å². The van der Waals surface area contributed by atoms with E-state index in [1.807, 2.05) is 26.2 Å². The molecule has 0 unspecified atom stereocenters. The SMILES string of the molecule is CN(C)c1ccccc1N(C)CC[C@@H]1CCOC1=O. The van der Waals surface area contributed by atoms with Crippen LogP contribution in [0, 0.1) is 5.92 Å². The number of ether oxygens (including phenoxy) is 1. The Morgan fingerprint density at radius 3 is 2.47 bits per heavy atom. The van der Waals surface area contributed by atoms with Crippen molar-refractivity contribution in [2.75, 3.05) is 44.1 Å². The standard InChI is InChI=1S/C15H22N2O2/c1-16(2)13-6-4-5-7-14(13)17(3)10-8-12-9-11-19-15(12)18/h4-7,12H,8-11H2,1-3H3/t12-/m1/s1. The summed E-state index contributed by atoms with van der Waals surface area (Å²) in [4.78, 5) is 15.8. The zero-order valence-corrected chi connectivity index (χ0v) is 11.9. The van der Waals surface area contributed by atoms with Crippen molar-refractivity contribution < 1.29 is 9.53 Å². The van der Waals surface area contributed by atoms with Gasteiger partial charge in [0.1, 0.15) is 0 Å². The lowest BCUT2D eigenvalue weighted by Crippen LogP contribution is -2.24. The van der Waals surface area contributed by atoms with E-state index in [0.29, 0.717) is 6.61 Å². The van der Waals surface area contributed by atoms with E-state index in [4.69, 9.17) is 4.74 Å². The van der Waals surface area contributed by atoms with Gasteiger partial charge >= 0.3 is 5.97 Å². The molecule has 0 N–H and O–H groups in total. The molecule has 4 heteroatoms. The van der Waals surface area contributed by atoms with E-state index in [2.05, 4.69) is 29.0 Å². The number of carbonyl (C=O) groups is 1. The first-order chi connectivity index (χ1) is 9.09. The maximum absolute atomic E-state index is 11.4. The Kier molecular flexibility index (Phi) is 4.30.